The summed E-state index contributed by atoms with van der Waals surface area (Å²) in [4.78, 5) is 19.0. The molecule has 154 valence electrons. The number of rotatable bonds is 4. The third-order valence-electron chi connectivity index (χ3n) is 5.67. The van der Waals surface area contributed by atoms with Crippen LogP contribution in [0.2, 0.25) is 5.02 Å². The summed E-state index contributed by atoms with van der Waals surface area (Å²) in [5.41, 5.74) is 9.76. The second-order valence-electron chi connectivity index (χ2n) is 7.77. The zero-order valence-corrected chi connectivity index (χ0v) is 17.2. The van der Waals surface area contributed by atoms with Crippen LogP contribution in [-0.4, -0.2) is 41.2 Å². The highest BCUT2D eigenvalue weighted by Crippen LogP contribution is 2.25. The Hall–Kier alpha value is -2.19. The van der Waals surface area contributed by atoms with E-state index in [4.69, 9.17) is 11.6 Å². The number of likely N-dealkylation sites (tertiary alicyclic amines) is 1. The number of hydrazine groups is 1. The van der Waals surface area contributed by atoms with Crippen molar-refractivity contribution in [2.45, 2.75) is 44.4 Å². The predicted molar refractivity (Wildman–Crippen MR) is 115 cm³/mol. The molecule has 0 saturated carbocycles. The van der Waals surface area contributed by atoms with Crippen molar-refractivity contribution >= 4 is 23.3 Å². The number of nitrogens with one attached hydrogen (secondary N) is 4. The van der Waals surface area contributed by atoms with E-state index in [1.54, 1.807) is 6.07 Å². The second-order valence-corrected chi connectivity index (χ2v) is 8.20. The molecule has 29 heavy (non-hydrogen) atoms. The summed E-state index contributed by atoms with van der Waals surface area (Å²) in [6, 6.07) is 9.79. The number of halogens is 1. The van der Waals surface area contributed by atoms with Gasteiger partial charge < -0.3 is 10.6 Å². The summed E-state index contributed by atoms with van der Waals surface area (Å²) in [5, 5.41) is 6.65. The minimum absolute atomic E-state index is 0.116. The van der Waals surface area contributed by atoms with Gasteiger partial charge in [-0.15, -0.1) is 0 Å². The molecule has 8 heteroatoms. The minimum Gasteiger partial charge on any atom is -0.334 e. The van der Waals surface area contributed by atoms with Crippen LogP contribution in [0, 0.1) is 6.92 Å². The second kappa shape index (κ2) is 9.09. The molecule has 0 bridgehead atoms. The largest absolute Gasteiger partial charge is 0.334 e. The quantitative estimate of drug-likeness (QED) is 0.617. The molecule has 0 aliphatic carbocycles. The molecule has 3 heterocycles. The molecule has 1 aromatic carbocycles. The standard InChI is InChI=1S/C21H27ClN6O/c1-14-4-5-16(22)11-18(14)25-21(29)24-17-3-2-10-28(13-17)20-12-19(26-27-20)15-6-8-23-9-7-15/h4-9,11,17,19-20,26-27H,2-3,10,12-13H2,1H3,(H2,24,25,29). The van der Waals surface area contributed by atoms with Crippen LogP contribution in [0.25, 0.3) is 0 Å². The van der Waals surface area contributed by atoms with Gasteiger partial charge in [-0.3, -0.25) is 9.88 Å². The fraction of sp³-hybridized carbons (Fsp3) is 0.429. The monoisotopic (exact) mass is 414 g/mol. The number of hydrogen-bond donors (Lipinski definition) is 4. The number of benzene rings is 1. The van der Waals surface area contributed by atoms with Gasteiger partial charge in [-0.05, 0) is 68.1 Å². The Labute approximate surface area is 176 Å². The van der Waals surface area contributed by atoms with Crippen LogP contribution < -0.4 is 21.5 Å². The van der Waals surface area contributed by atoms with Crippen molar-refractivity contribution in [2.24, 2.45) is 0 Å². The molecule has 7 nitrogen and oxygen atoms in total. The zero-order chi connectivity index (χ0) is 20.2. The van der Waals surface area contributed by atoms with Gasteiger partial charge in [-0.1, -0.05) is 17.7 Å². The van der Waals surface area contributed by atoms with E-state index in [9.17, 15) is 4.79 Å². The first-order chi connectivity index (χ1) is 14.1. The molecule has 2 aliphatic heterocycles. The lowest BCUT2D eigenvalue weighted by molar-refractivity contribution is 0.125. The van der Waals surface area contributed by atoms with Crippen LogP contribution in [0.3, 0.4) is 0 Å². The summed E-state index contributed by atoms with van der Waals surface area (Å²) < 4.78 is 0. The summed E-state index contributed by atoms with van der Waals surface area (Å²) in [5.74, 6) is 0. The first kappa shape index (κ1) is 20.1. The maximum absolute atomic E-state index is 12.5. The molecule has 2 fully saturated rings. The lowest BCUT2D eigenvalue weighted by Gasteiger charge is -2.36. The van der Waals surface area contributed by atoms with E-state index in [-0.39, 0.29) is 24.3 Å². The number of nitrogens with zero attached hydrogens (tertiary/aromatic N) is 2. The summed E-state index contributed by atoms with van der Waals surface area (Å²) in [6.45, 7) is 3.80. The topological polar surface area (TPSA) is 81.3 Å². The molecule has 2 amide bonds. The Kier molecular flexibility index (Phi) is 6.30. The van der Waals surface area contributed by atoms with Gasteiger partial charge >= 0.3 is 6.03 Å². The van der Waals surface area contributed by atoms with Crippen molar-refractivity contribution in [3.63, 3.8) is 0 Å². The average molecular weight is 415 g/mol. The number of carbonyl (C=O) groups excluding carboxylic acids is 1. The van der Waals surface area contributed by atoms with E-state index in [0.29, 0.717) is 5.02 Å². The molecule has 0 spiro atoms. The van der Waals surface area contributed by atoms with Crippen molar-refractivity contribution in [2.75, 3.05) is 18.4 Å². The Balaban J connectivity index is 1.30. The first-order valence-corrected chi connectivity index (χ1v) is 10.4. The van der Waals surface area contributed by atoms with E-state index >= 15 is 0 Å². The van der Waals surface area contributed by atoms with Crippen molar-refractivity contribution in [1.29, 1.82) is 0 Å². The SMILES string of the molecule is Cc1ccc(Cl)cc1NC(=O)NC1CCCN(C2CC(c3ccncc3)NN2)C1. The molecular weight excluding hydrogens is 388 g/mol. The Morgan fingerprint density at radius 2 is 2.07 bits per heavy atom. The van der Waals surface area contributed by atoms with Gasteiger partial charge in [-0.2, -0.15) is 0 Å². The molecule has 4 N–H and O–H groups in total. The van der Waals surface area contributed by atoms with Gasteiger partial charge in [0.15, 0.2) is 0 Å². The van der Waals surface area contributed by atoms with Crippen molar-refractivity contribution in [3.8, 4) is 0 Å². The number of piperidine rings is 1. The Morgan fingerprint density at radius 1 is 1.24 bits per heavy atom. The number of pyridine rings is 1. The van der Waals surface area contributed by atoms with E-state index in [1.807, 2.05) is 43.6 Å². The van der Waals surface area contributed by atoms with Crippen molar-refractivity contribution in [3.05, 3.63) is 58.9 Å². The Bertz CT molecular complexity index is 848. The highest BCUT2D eigenvalue weighted by Gasteiger charge is 2.32. The smallest absolute Gasteiger partial charge is 0.319 e. The van der Waals surface area contributed by atoms with E-state index < -0.39 is 0 Å². The normalized spacial score (nSPS) is 25.0. The number of aromatic nitrogens is 1. The van der Waals surface area contributed by atoms with Crippen LogP contribution in [-0.2, 0) is 0 Å². The third-order valence-corrected chi connectivity index (χ3v) is 5.90. The van der Waals surface area contributed by atoms with Crippen LogP contribution in [0.1, 0.15) is 36.4 Å². The van der Waals surface area contributed by atoms with Crippen molar-refractivity contribution < 1.29 is 4.79 Å². The Morgan fingerprint density at radius 3 is 2.90 bits per heavy atom. The fourth-order valence-corrected chi connectivity index (χ4v) is 4.25. The van der Waals surface area contributed by atoms with Gasteiger partial charge in [0.1, 0.15) is 0 Å². The van der Waals surface area contributed by atoms with Gasteiger partial charge in [-0.25, -0.2) is 15.6 Å². The lowest BCUT2D eigenvalue weighted by Crippen LogP contribution is -2.54. The molecule has 2 aliphatic rings. The van der Waals surface area contributed by atoms with E-state index in [1.165, 1.54) is 5.56 Å². The van der Waals surface area contributed by atoms with Crippen LogP contribution in [0.15, 0.2) is 42.7 Å². The average Bonchev–Trinajstić information content (AvgIpc) is 3.22. The molecule has 4 rings (SSSR count). The van der Waals surface area contributed by atoms with Crippen molar-refractivity contribution in [1.82, 2.24) is 26.1 Å². The van der Waals surface area contributed by atoms with E-state index in [0.717, 1.165) is 43.6 Å². The van der Waals surface area contributed by atoms with Crippen LogP contribution >= 0.6 is 11.6 Å². The van der Waals surface area contributed by atoms with Crippen LogP contribution in [0.5, 0.6) is 0 Å². The third kappa shape index (κ3) is 5.05. The number of carbonyl (C=O) groups is 1. The summed E-state index contributed by atoms with van der Waals surface area (Å²) in [7, 11) is 0. The predicted octanol–water partition coefficient (Wildman–Crippen LogP) is 3.19. The fourth-order valence-electron chi connectivity index (χ4n) is 4.07. The number of amides is 2. The highest BCUT2D eigenvalue weighted by atomic mass is 35.5. The number of anilines is 1. The van der Waals surface area contributed by atoms with E-state index in [2.05, 4.69) is 31.4 Å². The lowest BCUT2D eigenvalue weighted by atomic mass is 10.0. The van der Waals surface area contributed by atoms with Gasteiger partial charge in [0, 0.05) is 41.7 Å². The van der Waals surface area contributed by atoms with Gasteiger partial charge in [0.25, 0.3) is 0 Å². The highest BCUT2D eigenvalue weighted by molar-refractivity contribution is 6.31. The number of aryl methyl sites for hydroxylation is 1. The summed E-state index contributed by atoms with van der Waals surface area (Å²) in [6.07, 6.45) is 6.91. The molecule has 1 aromatic heterocycles. The molecule has 3 atom stereocenters. The molecule has 2 aromatic rings. The maximum atomic E-state index is 12.5. The zero-order valence-electron chi connectivity index (χ0n) is 16.5. The molecule has 2 saturated heterocycles. The van der Waals surface area contributed by atoms with Gasteiger partial charge in [0.2, 0.25) is 0 Å². The minimum atomic E-state index is -0.186. The van der Waals surface area contributed by atoms with Gasteiger partial charge in [0.05, 0.1) is 6.17 Å². The molecular formula is C21H27ClN6O. The molecule has 0 radical (unpaired) electrons. The maximum Gasteiger partial charge on any atom is 0.319 e. The number of hydrogen-bond acceptors (Lipinski definition) is 5. The number of urea groups is 1. The first-order valence-electron chi connectivity index (χ1n) is 10.1. The van der Waals surface area contributed by atoms with Crippen LogP contribution in [0.4, 0.5) is 10.5 Å². The summed E-state index contributed by atoms with van der Waals surface area (Å²) >= 11 is 6.05. The molecule has 3 unspecified atom stereocenters.